The lowest BCUT2D eigenvalue weighted by molar-refractivity contribution is 0.237. The van der Waals surface area contributed by atoms with Crippen molar-refractivity contribution in [1.29, 1.82) is 0 Å². The molecule has 1 aliphatic rings. The monoisotopic (exact) mass is 200 g/mol. The number of amides is 2. The molecule has 1 fully saturated rings. The molecule has 0 bridgehead atoms. The summed E-state index contributed by atoms with van der Waals surface area (Å²) < 4.78 is 0. The van der Waals surface area contributed by atoms with E-state index >= 15 is 0 Å². The maximum Gasteiger partial charge on any atom is 0.315 e. The zero-order chi connectivity index (χ0) is 9.52. The maximum atomic E-state index is 11.2. The van der Waals surface area contributed by atoms with Crippen molar-refractivity contribution in [2.45, 2.75) is 18.9 Å². The lowest BCUT2D eigenvalue weighted by Crippen LogP contribution is -2.43. The number of hydrogen-bond donors (Lipinski definition) is 2. The molecule has 0 atom stereocenters. The van der Waals surface area contributed by atoms with E-state index in [-0.39, 0.29) is 6.03 Å². The van der Waals surface area contributed by atoms with E-state index in [0.717, 1.165) is 24.3 Å². The van der Waals surface area contributed by atoms with Gasteiger partial charge in [-0.2, -0.15) is 11.8 Å². The van der Waals surface area contributed by atoms with Gasteiger partial charge in [0.1, 0.15) is 0 Å². The molecule has 0 unspecified atom stereocenters. The summed E-state index contributed by atoms with van der Waals surface area (Å²) in [5.41, 5.74) is 0. The van der Waals surface area contributed by atoms with Crippen molar-refractivity contribution in [3.63, 3.8) is 0 Å². The summed E-state index contributed by atoms with van der Waals surface area (Å²) in [6.07, 6.45) is 3.86. The number of urea groups is 1. The summed E-state index contributed by atoms with van der Waals surface area (Å²) in [5.74, 6) is 2.32. The Balaban J connectivity index is 2.14. The number of thioether (sulfide) groups is 1. The summed E-state index contributed by atoms with van der Waals surface area (Å²) >= 11 is 1.96. The van der Waals surface area contributed by atoms with Gasteiger partial charge in [0.2, 0.25) is 0 Å². The molecule has 2 N–H and O–H groups in total. The van der Waals surface area contributed by atoms with Gasteiger partial charge >= 0.3 is 6.03 Å². The fourth-order valence-corrected chi connectivity index (χ4v) is 2.35. The second kappa shape index (κ2) is 5.91. The molecule has 0 aromatic carbocycles. The topological polar surface area (TPSA) is 41.1 Å². The van der Waals surface area contributed by atoms with Crippen molar-refractivity contribution >= 4 is 17.8 Å². The molecule has 0 spiro atoms. The predicted octanol–water partition coefficient (Wildman–Crippen LogP) is 1.37. The number of hydrogen-bond acceptors (Lipinski definition) is 2. The van der Waals surface area contributed by atoms with Gasteiger partial charge in [0.05, 0.1) is 0 Å². The van der Waals surface area contributed by atoms with Gasteiger partial charge in [0, 0.05) is 12.6 Å². The van der Waals surface area contributed by atoms with Crippen LogP contribution < -0.4 is 10.6 Å². The fourth-order valence-electron chi connectivity index (χ4n) is 1.24. The van der Waals surface area contributed by atoms with Gasteiger partial charge in [-0.05, 0) is 24.3 Å². The van der Waals surface area contributed by atoms with E-state index in [1.165, 1.54) is 0 Å². The molecule has 1 saturated heterocycles. The third-order valence-corrected chi connectivity index (χ3v) is 3.01. The van der Waals surface area contributed by atoms with E-state index in [1.807, 2.05) is 11.8 Å². The van der Waals surface area contributed by atoms with Gasteiger partial charge in [-0.15, -0.1) is 6.58 Å². The third-order valence-electron chi connectivity index (χ3n) is 1.96. The Hall–Kier alpha value is -0.640. The average molecular weight is 200 g/mol. The van der Waals surface area contributed by atoms with Crippen LogP contribution in [0.25, 0.3) is 0 Å². The van der Waals surface area contributed by atoms with Gasteiger partial charge in [-0.3, -0.25) is 0 Å². The van der Waals surface area contributed by atoms with Crippen LogP contribution in [0.2, 0.25) is 0 Å². The summed E-state index contributed by atoms with van der Waals surface area (Å²) in [6.45, 7) is 4.07. The minimum Gasteiger partial charge on any atom is -0.335 e. The zero-order valence-electron chi connectivity index (χ0n) is 7.71. The Morgan fingerprint density at radius 1 is 1.54 bits per heavy atom. The number of rotatable bonds is 3. The molecule has 4 heteroatoms. The van der Waals surface area contributed by atoms with Crippen LogP contribution in [0.5, 0.6) is 0 Å². The summed E-state index contributed by atoms with van der Waals surface area (Å²) in [5, 5.41) is 5.65. The standard InChI is InChI=1S/C9H16N2OS/c1-2-5-10-9(12)11-8-3-6-13-7-4-8/h2,8H,1,3-7H2,(H2,10,11,12). The predicted molar refractivity (Wildman–Crippen MR) is 57.1 cm³/mol. The summed E-state index contributed by atoms with van der Waals surface area (Å²) in [7, 11) is 0. The fraction of sp³-hybridized carbons (Fsp3) is 0.667. The van der Waals surface area contributed by atoms with Crippen LogP contribution in [0.3, 0.4) is 0 Å². The molecule has 0 aliphatic carbocycles. The van der Waals surface area contributed by atoms with Crippen LogP contribution in [0.1, 0.15) is 12.8 Å². The van der Waals surface area contributed by atoms with Crippen LogP contribution >= 0.6 is 11.8 Å². The van der Waals surface area contributed by atoms with E-state index in [4.69, 9.17) is 0 Å². The van der Waals surface area contributed by atoms with Crippen LogP contribution in [-0.2, 0) is 0 Å². The minimum absolute atomic E-state index is 0.0724. The van der Waals surface area contributed by atoms with Crippen molar-refractivity contribution in [2.75, 3.05) is 18.1 Å². The molecular formula is C9H16N2OS. The highest BCUT2D eigenvalue weighted by Crippen LogP contribution is 2.16. The Bertz CT molecular complexity index is 178. The van der Waals surface area contributed by atoms with E-state index in [1.54, 1.807) is 6.08 Å². The molecular weight excluding hydrogens is 184 g/mol. The highest BCUT2D eigenvalue weighted by Gasteiger charge is 2.14. The summed E-state index contributed by atoms with van der Waals surface area (Å²) in [6, 6.07) is 0.294. The van der Waals surface area contributed by atoms with Gasteiger partial charge in [-0.1, -0.05) is 6.08 Å². The zero-order valence-corrected chi connectivity index (χ0v) is 8.53. The Kier molecular flexibility index (Phi) is 4.75. The Morgan fingerprint density at radius 2 is 2.23 bits per heavy atom. The molecule has 0 aromatic heterocycles. The van der Waals surface area contributed by atoms with Crippen molar-refractivity contribution in [3.8, 4) is 0 Å². The van der Waals surface area contributed by atoms with Crippen molar-refractivity contribution in [2.24, 2.45) is 0 Å². The molecule has 1 aliphatic heterocycles. The van der Waals surface area contributed by atoms with Crippen LogP contribution in [0.15, 0.2) is 12.7 Å². The van der Waals surface area contributed by atoms with E-state index in [9.17, 15) is 4.79 Å². The molecule has 2 amide bonds. The van der Waals surface area contributed by atoms with Crippen LogP contribution in [0, 0.1) is 0 Å². The Labute approximate surface area is 83.3 Å². The molecule has 0 saturated carbocycles. The molecule has 13 heavy (non-hydrogen) atoms. The van der Waals surface area contributed by atoms with Gasteiger partial charge < -0.3 is 10.6 Å². The number of nitrogens with one attached hydrogen (secondary N) is 2. The van der Waals surface area contributed by atoms with Crippen LogP contribution in [0.4, 0.5) is 4.79 Å². The summed E-state index contributed by atoms with van der Waals surface area (Å²) in [4.78, 5) is 11.2. The first-order valence-corrected chi connectivity index (χ1v) is 5.71. The van der Waals surface area contributed by atoms with Crippen molar-refractivity contribution in [3.05, 3.63) is 12.7 Å². The smallest absolute Gasteiger partial charge is 0.315 e. The minimum atomic E-state index is -0.0724. The molecule has 0 radical (unpaired) electrons. The highest BCUT2D eigenvalue weighted by molar-refractivity contribution is 7.99. The second-order valence-electron chi connectivity index (χ2n) is 3.03. The average Bonchev–Trinajstić information content (AvgIpc) is 2.16. The second-order valence-corrected chi connectivity index (χ2v) is 4.25. The third kappa shape index (κ3) is 4.22. The van der Waals surface area contributed by atoms with E-state index in [2.05, 4.69) is 17.2 Å². The first-order valence-electron chi connectivity index (χ1n) is 4.56. The highest BCUT2D eigenvalue weighted by atomic mass is 32.2. The molecule has 0 aromatic rings. The van der Waals surface area contributed by atoms with Gasteiger partial charge in [-0.25, -0.2) is 4.79 Å². The van der Waals surface area contributed by atoms with E-state index < -0.39 is 0 Å². The largest absolute Gasteiger partial charge is 0.335 e. The first-order chi connectivity index (χ1) is 6.33. The Morgan fingerprint density at radius 3 is 2.85 bits per heavy atom. The molecule has 74 valence electrons. The first kappa shape index (κ1) is 10.4. The normalized spacial score (nSPS) is 17.8. The van der Waals surface area contributed by atoms with Crippen molar-refractivity contribution in [1.82, 2.24) is 10.6 Å². The molecule has 1 rings (SSSR count). The molecule has 1 heterocycles. The van der Waals surface area contributed by atoms with Crippen molar-refractivity contribution < 1.29 is 4.79 Å². The van der Waals surface area contributed by atoms with E-state index in [0.29, 0.717) is 12.6 Å². The van der Waals surface area contributed by atoms with Gasteiger partial charge in [0.25, 0.3) is 0 Å². The number of carbonyl (C=O) groups excluding carboxylic acids is 1. The quantitative estimate of drug-likeness (QED) is 0.676. The van der Waals surface area contributed by atoms with Crippen LogP contribution in [-0.4, -0.2) is 30.1 Å². The maximum absolute atomic E-state index is 11.2. The molecule has 3 nitrogen and oxygen atoms in total. The lowest BCUT2D eigenvalue weighted by Gasteiger charge is -2.22. The number of carbonyl (C=O) groups is 1. The van der Waals surface area contributed by atoms with Gasteiger partial charge in [0.15, 0.2) is 0 Å². The SMILES string of the molecule is C=CCNC(=O)NC1CCSCC1. The lowest BCUT2D eigenvalue weighted by atomic mass is 10.2.